The van der Waals surface area contributed by atoms with Gasteiger partial charge in [-0.3, -0.25) is 4.79 Å². The van der Waals surface area contributed by atoms with Crippen molar-refractivity contribution in [1.82, 2.24) is 16.0 Å². The molecule has 1 fully saturated rings. The first-order valence-electron chi connectivity index (χ1n) is 5.36. The third-order valence-electron chi connectivity index (χ3n) is 1.96. The molecule has 1 aliphatic heterocycles. The number of carbonyl (C=O) groups is 2. The lowest BCUT2D eigenvalue weighted by molar-refractivity contribution is -0.122. The van der Waals surface area contributed by atoms with E-state index in [-0.39, 0.29) is 5.91 Å². The first-order chi connectivity index (χ1) is 7.38. The van der Waals surface area contributed by atoms with E-state index in [2.05, 4.69) is 16.0 Å². The Morgan fingerprint density at radius 3 is 2.75 bits per heavy atom. The topological polar surface area (TPSA) is 79.5 Å². The van der Waals surface area contributed by atoms with Gasteiger partial charge >= 0.3 is 6.09 Å². The molecule has 0 aromatic carbocycles. The van der Waals surface area contributed by atoms with Gasteiger partial charge in [0, 0.05) is 19.6 Å². The maximum absolute atomic E-state index is 11.5. The van der Waals surface area contributed by atoms with Crippen LogP contribution in [0, 0.1) is 0 Å². The fourth-order valence-corrected chi connectivity index (χ4v) is 1.30. The molecule has 2 amide bonds. The van der Waals surface area contributed by atoms with Gasteiger partial charge in [-0.2, -0.15) is 0 Å². The Balaban J connectivity index is 2.45. The number of hydrogen-bond donors (Lipinski definition) is 3. The second-order valence-corrected chi connectivity index (χ2v) is 4.69. The lowest BCUT2D eigenvalue weighted by Gasteiger charge is -2.22. The Morgan fingerprint density at radius 1 is 1.44 bits per heavy atom. The van der Waals surface area contributed by atoms with Crippen LogP contribution in [-0.2, 0) is 9.53 Å². The molecular formula is C10H19N3O3. The number of alkyl carbamates (subject to hydrolysis) is 1. The van der Waals surface area contributed by atoms with Gasteiger partial charge < -0.3 is 20.7 Å². The first-order valence-corrected chi connectivity index (χ1v) is 5.36. The fourth-order valence-electron chi connectivity index (χ4n) is 1.30. The molecule has 92 valence electrons. The lowest BCUT2D eigenvalue weighted by Crippen LogP contribution is -2.50. The minimum atomic E-state index is -0.573. The van der Waals surface area contributed by atoms with Crippen molar-refractivity contribution in [3.63, 3.8) is 0 Å². The van der Waals surface area contributed by atoms with Gasteiger partial charge in [0.15, 0.2) is 0 Å². The van der Waals surface area contributed by atoms with Gasteiger partial charge in [-0.05, 0) is 20.8 Å². The van der Waals surface area contributed by atoms with Crippen LogP contribution in [0.2, 0.25) is 0 Å². The molecule has 0 aromatic heterocycles. The normalized spacial score (nSPS) is 21.9. The summed E-state index contributed by atoms with van der Waals surface area (Å²) in [4.78, 5) is 22.9. The van der Waals surface area contributed by atoms with E-state index >= 15 is 0 Å². The van der Waals surface area contributed by atoms with Crippen LogP contribution in [0.3, 0.4) is 0 Å². The summed E-state index contributed by atoms with van der Waals surface area (Å²) in [6, 6.07) is -0.572. The van der Waals surface area contributed by atoms with Crippen molar-refractivity contribution in [3.8, 4) is 0 Å². The molecule has 1 saturated heterocycles. The number of carbonyl (C=O) groups excluding carboxylic acids is 2. The van der Waals surface area contributed by atoms with Crippen molar-refractivity contribution in [2.75, 3.05) is 19.6 Å². The summed E-state index contributed by atoms with van der Waals surface area (Å²) < 4.78 is 5.07. The monoisotopic (exact) mass is 229 g/mol. The van der Waals surface area contributed by atoms with Gasteiger partial charge in [0.1, 0.15) is 11.6 Å². The van der Waals surface area contributed by atoms with Crippen molar-refractivity contribution >= 4 is 12.0 Å². The molecule has 0 aromatic rings. The fraction of sp³-hybridized carbons (Fsp3) is 0.800. The Kier molecular flexibility index (Phi) is 4.12. The molecule has 0 bridgehead atoms. The molecular weight excluding hydrogens is 210 g/mol. The Labute approximate surface area is 95.1 Å². The van der Waals surface area contributed by atoms with Crippen molar-refractivity contribution < 1.29 is 14.3 Å². The van der Waals surface area contributed by atoms with E-state index in [4.69, 9.17) is 4.74 Å². The second kappa shape index (κ2) is 5.16. The van der Waals surface area contributed by atoms with Gasteiger partial charge in [-0.25, -0.2) is 4.79 Å². The average molecular weight is 229 g/mol. The summed E-state index contributed by atoms with van der Waals surface area (Å²) >= 11 is 0. The van der Waals surface area contributed by atoms with Gasteiger partial charge in [0.05, 0.1) is 0 Å². The standard InChI is InChI=1S/C10H19N3O3/c1-10(2,3)16-9(15)13-7-6-11-4-5-12-8(7)14/h7,11H,4-6H2,1-3H3,(H,12,14)(H,13,15). The maximum atomic E-state index is 11.5. The van der Waals surface area contributed by atoms with Crippen molar-refractivity contribution in [2.24, 2.45) is 0 Å². The SMILES string of the molecule is CC(C)(C)OC(=O)NC1CNCCNC1=O. The van der Waals surface area contributed by atoms with Gasteiger partial charge in [0.2, 0.25) is 5.91 Å². The first kappa shape index (κ1) is 12.8. The molecule has 1 aliphatic rings. The minimum Gasteiger partial charge on any atom is -0.444 e. The van der Waals surface area contributed by atoms with Crippen LogP contribution >= 0.6 is 0 Å². The van der Waals surface area contributed by atoms with E-state index in [1.54, 1.807) is 20.8 Å². The van der Waals surface area contributed by atoms with Crippen molar-refractivity contribution in [2.45, 2.75) is 32.4 Å². The molecule has 3 N–H and O–H groups in total. The number of nitrogens with one attached hydrogen (secondary N) is 3. The Morgan fingerprint density at radius 2 is 2.12 bits per heavy atom. The van der Waals surface area contributed by atoms with Gasteiger partial charge in [-0.15, -0.1) is 0 Å². The van der Waals surface area contributed by atoms with Crippen LogP contribution in [0.1, 0.15) is 20.8 Å². The molecule has 6 heteroatoms. The van der Waals surface area contributed by atoms with Crippen LogP contribution in [0.4, 0.5) is 4.79 Å². The predicted octanol–water partition coefficient (Wildman–Crippen LogP) is -0.401. The summed E-state index contributed by atoms with van der Waals surface area (Å²) in [6.45, 7) is 7.03. The zero-order valence-corrected chi connectivity index (χ0v) is 9.92. The highest BCUT2D eigenvalue weighted by Crippen LogP contribution is 2.06. The van der Waals surface area contributed by atoms with E-state index in [0.717, 1.165) is 0 Å². The predicted molar refractivity (Wildman–Crippen MR) is 59.0 cm³/mol. The molecule has 1 heterocycles. The van der Waals surface area contributed by atoms with Crippen molar-refractivity contribution in [3.05, 3.63) is 0 Å². The zero-order chi connectivity index (χ0) is 12.2. The summed E-state index contributed by atoms with van der Waals surface area (Å²) in [5.41, 5.74) is -0.557. The van der Waals surface area contributed by atoms with Crippen LogP contribution in [0.5, 0.6) is 0 Å². The van der Waals surface area contributed by atoms with Crippen LogP contribution in [-0.4, -0.2) is 43.3 Å². The third-order valence-corrected chi connectivity index (χ3v) is 1.96. The average Bonchev–Trinajstić information content (AvgIpc) is 2.29. The Hall–Kier alpha value is -1.30. The van der Waals surface area contributed by atoms with Crippen LogP contribution in [0.15, 0.2) is 0 Å². The zero-order valence-electron chi connectivity index (χ0n) is 9.92. The number of ether oxygens (including phenoxy) is 1. The molecule has 16 heavy (non-hydrogen) atoms. The van der Waals surface area contributed by atoms with E-state index < -0.39 is 17.7 Å². The second-order valence-electron chi connectivity index (χ2n) is 4.69. The highest BCUT2D eigenvalue weighted by molar-refractivity contribution is 5.86. The highest BCUT2D eigenvalue weighted by atomic mass is 16.6. The summed E-state index contributed by atoms with van der Waals surface area (Å²) in [5, 5.41) is 8.26. The lowest BCUT2D eigenvalue weighted by atomic mass is 10.2. The summed E-state index contributed by atoms with van der Waals surface area (Å²) in [6.07, 6.45) is -0.573. The molecule has 0 aliphatic carbocycles. The third kappa shape index (κ3) is 4.48. The largest absolute Gasteiger partial charge is 0.444 e. The van der Waals surface area contributed by atoms with Crippen LogP contribution in [0.25, 0.3) is 0 Å². The molecule has 0 radical (unpaired) electrons. The number of amides is 2. The van der Waals surface area contributed by atoms with Crippen LogP contribution < -0.4 is 16.0 Å². The molecule has 1 atom stereocenters. The Bertz CT molecular complexity index is 273. The molecule has 0 spiro atoms. The van der Waals surface area contributed by atoms with Gasteiger partial charge in [-0.1, -0.05) is 0 Å². The van der Waals surface area contributed by atoms with E-state index in [1.165, 1.54) is 0 Å². The molecule has 1 unspecified atom stereocenters. The number of rotatable bonds is 1. The quantitative estimate of drug-likeness (QED) is 0.571. The molecule has 0 saturated carbocycles. The molecule has 1 rings (SSSR count). The minimum absolute atomic E-state index is 0.184. The van der Waals surface area contributed by atoms with E-state index in [9.17, 15) is 9.59 Å². The molecule has 6 nitrogen and oxygen atoms in total. The van der Waals surface area contributed by atoms with Gasteiger partial charge in [0.25, 0.3) is 0 Å². The maximum Gasteiger partial charge on any atom is 0.408 e. The van der Waals surface area contributed by atoms with Crippen molar-refractivity contribution in [1.29, 1.82) is 0 Å². The smallest absolute Gasteiger partial charge is 0.408 e. The number of hydrogen-bond acceptors (Lipinski definition) is 4. The summed E-state index contributed by atoms with van der Waals surface area (Å²) in [5.74, 6) is -0.184. The van der Waals surface area contributed by atoms with E-state index in [1.807, 2.05) is 0 Å². The van der Waals surface area contributed by atoms with E-state index in [0.29, 0.717) is 19.6 Å². The summed E-state index contributed by atoms with van der Waals surface area (Å²) in [7, 11) is 0. The highest BCUT2D eigenvalue weighted by Gasteiger charge is 2.24.